The fourth-order valence-electron chi connectivity index (χ4n) is 2.99. The molecule has 1 N–H and O–H groups in total. The van der Waals surface area contributed by atoms with E-state index < -0.39 is 28.0 Å². The first-order chi connectivity index (χ1) is 11.0. The number of carbonyl (C=O) groups is 1. The SMILES string of the molecule is O=C1C[C@@H]2Oc3ccc(O)c(S(=O)(=O)c4ccccc4)c3[C@@H]2O1. The maximum absolute atomic E-state index is 12.9. The largest absolute Gasteiger partial charge is 0.507 e. The van der Waals surface area contributed by atoms with Crippen LogP contribution in [0.3, 0.4) is 0 Å². The third-order valence-corrected chi connectivity index (χ3v) is 5.84. The van der Waals surface area contributed by atoms with Gasteiger partial charge in [0.2, 0.25) is 9.84 Å². The molecule has 1 saturated heterocycles. The number of carbonyl (C=O) groups excluding carboxylic acids is 1. The zero-order valence-electron chi connectivity index (χ0n) is 11.8. The van der Waals surface area contributed by atoms with Crippen LogP contribution in [0.25, 0.3) is 0 Å². The number of aromatic hydroxyl groups is 1. The summed E-state index contributed by atoms with van der Waals surface area (Å²) in [4.78, 5) is 11.3. The van der Waals surface area contributed by atoms with Gasteiger partial charge in [0.1, 0.15) is 16.4 Å². The van der Waals surface area contributed by atoms with Crippen LogP contribution in [0.5, 0.6) is 11.5 Å². The number of sulfone groups is 1. The minimum absolute atomic E-state index is 0.0523. The standard InChI is InChI=1S/C16H12O6S/c17-10-6-7-11-14(15-12(21-11)8-13(18)22-15)16(10)23(19,20)9-4-2-1-3-5-9/h1-7,12,15,17H,8H2/t12-,15+/m0/s1. The molecular formula is C16H12O6S. The zero-order valence-corrected chi connectivity index (χ0v) is 12.6. The summed E-state index contributed by atoms with van der Waals surface area (Å²) < 4.78 is 36.7. The van der Waals surface area contributed by atoms with Crippen molar-refractivity contribution in [2.24, 2.45) is 0 Å². The number of esters is 1. The van der Waals surface area contributed by atoms with Crippen molar-refractivity contribution >= 4 is 15.8 Å². The van der Waals surface area contributed by atoms with Crippen molar-refractivity contribution in [2.45, 2.75) is 28.4 Å². The third kappa shape index (κ3) is 2.00. The van der Waals surface area contributed by atoms with E-state index in [2.05, 4.69) is 0 Å². The first-order valence-corrected chi connectivity index (χ1v) is 8.49. The maximum atomic E-state index is 12.9. The van der Waals surface area contributed by atoms with Crippen LogP contribution in [0.4, 0.5) is 0 Å². The summed E-state index contributed by atoms with van der Waals surface area (Å²) in [7, 11) is -3.97. The van der Waals surface area contributed by atoms with Crippen molar-refractivity contribution in [3.63, 3.8) is 0 Å². The number of rotatable bonds is 2. The lowest BCUT2D eigenvalue weighted by Crippen LogP contribution is -2.13. The molecule has 4 rings (SSSR count). The van der Waals surface area contributed by atoms with Gasteiger partial charge in [-0.1, -0.05) is 18.2 Å². The maximum Gasteiger partial charge on any atom is 0.310 e. The van der Waals surface area contributed by atoms with Gasteiger partial charge in [-0.2, -0.15) is 0 Å². The van der Waals surface area contributed by atoms with Crippen LogP contribution in [0.1, 0.15) is 18.1 Å². The average molecular weight is 332 g/mol. The summed E-state index contributed by atoms with van der Waals surface area (Å²) in [5, 5.41) is 10.2. The Morgan fingerprint density at radius 1 is 1.04 bits per heavy atom. The first kappa shape index (κ1) is 14.1. The fraction of sp³-hybridized carbons (Fsp3) is 0.188. The summed E-state index contributed by atoms with van der Waals surface area (Å²) in [5.41, 5.74) is 0.213. The van der Waals surface area contributed by atoms with E-state index in [0.29, 0.717) is 5.75 Å². The van der Waals surface area contributed by atoms with Gasteiger partial charge in [-0.25, -0.2) is 8.42 Å². The van der Waals surface area contributed by atoms with Gasteiger partial charge in [0.15, 0.2) is 12.2 Å². The number of hydrogen-bond donors (Lipinski definition) is 1. The predicted molar refractivity (Wildman–Crippen MR) is 77.9 cm³/mol. The molecule has 0 radical (unpaired) electrons. The Balaban J connectivity index is 1.95. The second kappa shape index (κ2) is 4.73. The van der Waals surface area contributed by atoms with E-state index in [9.17, 15) is 18.3 Å². The number of benzene rings is 2. The molecule has 23 heavy (non-hydrogen) atoms. The van der Waals surface area contributed by atoms with Crippen molar-refractivity contribution in [3.05, 3.63) is 48.0 Å². The second-order valence-electron chi connectivity index (χ2n) is 5.41. The summed E-state index contributed by atoms with van der Waals surface area (Å²) >= 11 is 0. The second-order valence-corrected chi connectivity index (χ2v) is 7.30. The van der Waals surface area contributed by atoms with Crippen LogP contribution in [-0.2, 0) is 19.4 Å². The molecule has 2 aliphatic rings. The highest BCUT2D eigenvalue weighted by atomic mass is 32.2. The fourth-order valence-corrected chi connectivity index (χ4v) is 4.59. The molecule has 118 valence electrons. The van der Waals surface area contributed by atoms with Crippen LogP contribution in [0.2, 0.25) is 0 Å². The van der Waals surface area contributed by atoms with Crippen molar-refractivity contribution in [2.75, 3.05) is 0 Å². The molecule has 6 nitrogen and oxygen atoms in total. The summed E-state index contributed by atoms with van der Waals surface area (Å²) in [6, 6.07) is 10.6. The van der Waals surface area contributed by atoms with E-state index in [1.807, 2.05) is 0 Å². The van der Waals surface area contributed by atoms with Crippen molar-refractivity contribution in [1.82, 2.24) is 0 Å². The van der Waals surface area contributed by atoms with Gasteiger partial charge < -0.3 is 14.6 Å². The Morgan fingerprint density at radius 2 is 1.78 bits per heavy atom. The molecule has 2 atom stereocenters. The molecule has 0 aromatic heterocycles. The van der Waals surface area contributed by atoms with Gasteiger partial charge in [-0.05, 0) is 24.3 Å². The number of fused-ring (bicyclic) bond motifs is 3. The van der Waals surface area contributed by atoms with E-state index in [4.69, 9.17) is 9.47 Å². The number of phenolic OH excluding ortho intramolecular Hbond substituents is 1. The van der Waals surface area contributed by atoms with E-state index >= 15 is 0 Å². The van der Waals surface area contributed by atoms with Gasteiger partial charge in [0.25, 0.3) is 0 Å². The summed E-state index contributed by atoms with van der Waals surface area (Å²) in [6.07, 6.45) is -1.30. The topological polar surface area (TPSA) is 89.9 Å². The molecule has 7 heteroatoms. The van der Waals surface area contributed by atoms with Gasteiger partial charge in [-0.3, -0.25) is 4.79 Å². The van der Waals surface area contributed by atoms with Crippen LogP contribution < -0.4 is 4.74 Å². The van der Waals surface area contributed by atoms with E-state index in [1.165, 1.54) is 24.3 Å². The number of ether oxygens (including phenoxy) is 2. The highest BCUT2D eigenvalue weighted by Gasteiger charge is 2.48. The molecule has 2 aromatic carbocycles. The van der Waals surface area contributed by atoms with Gasteiger partial charge in [-0.15, -0.1) is 0 Å². The van der Waals surface area contributed by atoms with Crippen molar-refractivity contribution in [1.29, 1.82) is 0 Å². The molecule has 2 heterocycles. The molecule has 0 aliphatic carbocycles. The molecule has 0 amide bonds. The van der Waals surface area contributed by atoms with Gasteiger partial charge in [0.05, 0.1) is 16.9 Å². The molecule has 2 aliphatic heterocycles. The number of hydrogen-bond acceptors (Lipinski definition) is 6. The van der Waals surface area contributed by atoms with Gasteiger partial charge in [0, 0.05) is 0 Å². The third-order valence-electron chi connectivity index (χ3n) is 3.98. The smallest absolute Gasteiger partial charge is 0.310 e. The van der Waals surface area contributed by atoms with E-state index in [0.717, 1.165) is 0 Å². The van der Waals surface area contributed by atoms with E-state index in [1.54, 1.807) is 18.2 Å². The first-order valence-electron chi connectivity index (χ1n) is 7.00. The van der Waals surface area contributed by atoms with Crippen molar-refractivity contribution < 1.29 is 27.8 Å². The summed E-state index contributed by atoms with van der Waals surface area (Å²) in [6.45, 7) is 0. The quantitative estimate of drug-likeness (QED) is 0.846. The highest BCUT2D eigenvalue weighted by Crippen LogP contribution is 2.50. The average Bonchev–Trinajstić information content (AvgIpc) is 3.04. The number of phenols is 1. The van der Waals surface area contributed by atoms with Crippen molar-refractivity contribution in [3.8, 4) is 11.5 Å². The predicted octanol–water partition coefficient (Wildman–Crippen LogP) is 1.97. The Labute approximate surface area is 132 Å². The Hall–Kier alpha value is -2.54. The van der Waals surface area contributed by atoms with Crippen LogP contribution in [0, 0.1) is 0 Å². The van der Waals surface area contributed by atoms with Crippen LogP contribution in [0.15, 0.2) is 52.3 Å². The van der Waals surface area contributed by atoms with E-state index in [-0.39, 0.29) is 27.5 Å². The molecule has 0 spiro atoms. The monoisotopic (exact) mass is 332 g/mol. The van der Waals surface area contributed by atoms with Crippen LogP contribution >= 0.6 is 0 Å². The Bertz CT molecular complexity index is 904. The van der Waals surface area contributed by atoms with Crippen LogP contribution in [-0.4, -0.2) is 25.6 Å². The lowest BCUT2D eigenvalue weighted by Gasteiger charge is -2.13. The molecule has 0 bridgehead atoms. The minimum Gasteiger partial charge on any atom is -0.507 e. The lowest BCUT2D eigenvalue weighted by atomic mass is 10.1. The minimum atomic E-state index is -3.97. The highest BCUT2D eigenvalue weighted by molar-refractivity contribution is 7.91. The molecular weight excluding hydrogens is 320 g/mol. The summed E-state index contributed by atoms with van der Waals surface area (Å²) in [5.74, 6) is -0.517. The molecule has 0 unspecified atom stereocenters. The Morgan fingerprint density at radius 3 is 2.52 bits per heavy atom. The molecule has 2 aromatic rings. The Kier molecular flexibility index (Phi) is 2.89. The molecule has 0 saturated carbocycles. The lowest BCUT2D eigenvalue weighted by molar-refractivity contribution is -0.141. The zero-order chi connectivity index (χ0) is 16.2. The van der Waals surface area contributed by atoms with Gasteiger partial charge >= 0.3 is 5.97 Å². The normalized spacial score (nSPS) is 22.2. The molecule has 1 fully saturated rings.